The van der Waals surface area contributed by atoms with Crippen molar-refractivity contribution in [3.8, 4) is 0 Å². The third kappa shape index (κ3) is 3.95. The normalized spacial score (nSPS) is 17.1. The number of pyridine rings is 1. The molecule has 0 spiro atoms. The van der Waals surface area contributed by atoms with Gasteiger partial charge in [0, 0.05) is 12.7 Å². The number of carbonyl (C=O) groups excluding carboxylic acids is 1. The molecule has 1 atom stereocenters. The van der Waals surface area contributed by atoms with Crippen molar-refractivity contribution in [1.29, 1.82) is 5.41 Å². The van der Waals surface area contributed by atoms with E-state index in [9.17, 15) is 9.90 Å². The fourth-order valence-electron chi connectivity index (χ4n) is 2.42. The Morgan fingerprint density at radius 1 is 1.57 bits per heavy atom. The van der Waals surface area contributed by atoms with Gasteiger partial charge >= 0.3 is 0 Å². The highest BCUT2D eigenvalue weighted by atomic mass is 16.3. The third-order valence-electron chi connectivity index (χ3n) is 3.59. The van der Waals surface area contributed by atoms with Crippen LogP contribution in [0.15, 0.2) is 36.6 Å². The molecule has 1 heterocycles. The second-order valence-corrected chi connectivity index (χ2v) is 5.23. The lowest BCUT2D eigenvalue weighted by atomic mass is 9.94. The number of hydrogen-bond donors (Lipinski definition) is 5. The molecule has 0 fully saturated rings. The van der Waals surface area contributed by atoms with Crippen molar-refractivity contribution in [2.24, 2.45) is 5.73 Å². The molecule has 1 aromatic rings. The van der Waals surface area contributed by atoms with E-state index in [1.807, 2.05) is 6.07 Å². The number of rotatable bonds is 5. The highest BCUT2D eigenvalue weighted by Crippen LogP contribution is 2.28. The fourth-order valence-corrected chi connectivity index (χ4v) is 2.42. The predicted molar refractivity (Wildman–Crippen MR) is 89.0 cm³/mol. The number of hydrogen-bond acceptors (Lipinski definition) is 5. The maximum absolute atomic E-state index is 11.9. The van der Waals surface area contributed by atoms with Crippen molar-refractivity contribution in [3.63, 3.8) is 0 Å². The second-order valence-electron chi connectivity index (χ2n) is 5.23. The van der Waals surface area contributed by atoms with Gasteiger partial charge in [-0.2, -0.15) is 0 Å². The molecule has 1 amide bonds. The number of aryl methyl sites for hydroxylation is 1. The first-order valence-electron chi connectivity index (χ1n) is 7.41. The zero-order valence-corrected chi connectivity index (χ0v) is 12.8. The Morgan fingerprint density at radius 3 is 3.04 bits per heavy atom. The first-order chi connectivity index (χ1) is 11.1. The van der Waals surface area contributed by atoms with Crippen LogP contribution in [0.4, 0.5) is 5.82 Å². The minimum absolute atomic E-state index is 0.00641. The van der Waals surface area contributed by atoms with Gasteiger partial charge in [-0.25, -0.2) is 4.98 Å². The molecule has 7 nitrogen and oxygen atoms in total. The number of amides is 1. The Balaban J connectivity index is 2.12. The standard InChI is InChI=1S/C16H21N5O2/c1-2-8-19-16(23)11(9-17)15(18)21-13-7-6-10-4-3-5-12(22)14(10)20-13/h2,6-7,9,12,22H,1,3-5,8,17H2,(H,19,23)(H2,18,20,21)/b11-9+. The number of anilines is 1. The van der Waals surface area contributed by atoms with Crippen LogP contribution in [0, 0.1) is 5.41 Å². The number of nitrogens with two attached hydrogens (primary N) is 1. The number of aliphatic hydroxyl groups excluding tert-OH is 1. The van der Waals surface area contributed by atoms with E-state index in [-0.39, 0.29) is 18.0 Å². The molecule has 122 valence electrons. The van der Waals surface area contributed by atoms with Gasteiger partial charge < -0.3 is 21.5 Å². The Hall–Kier alpha value is -2.67. The number of aliphatic hydroxyl groups is 1. The lowest BCUT2D eigenvalue weighted by molar-refractivity contribution is -0.116. The summed E-state index contributed by atoms with van der Waals surface area (Å²) >= 11 is 0. The lowest BCUT2D eigenvalue weighted by Crippen LogP contribution is -2.31. The van der Waals surface area contributed by atoms with Crippen LogP contribution in [0.3, 0.4) is 0 Å². The van der Waals surface area contributed by atoms with E-state index in [1.54, 1.807) is 6.07 Å². The van der Waals surface area contributed by atoms with Crippen molar-refractivity contribution in [2.75, 3.05) is 11.9 Å². The van der Waals surface area contributed by atoms with Crippen LogP contribution in [0.2, 0.25) is 0 Å². The maximum atomic E-state index is 11.9. The molecule has 1 aliphatic rings. The Bertz CT molecular complexity index is 654. The molecule has 6 N–H and O–H groups in total. The monoisotopic (exact) mass is 315 g/mol. The molecule has 2 rings (SSSR count). The number of nitrogens with one attached hydrogen (secondary N) is 3. The van der Waals surface area contributed by atoms with E-state index >= 15 is 0 Å². The molecule has 23 heavy (non-hydrogen) atoms. The zero-order valence-electron chi connectivity index (χ0n) is 12.8. The summed E-state index contributed by atoms with van der Waals surface area (Å²) in [7, 11) is 0. The first kappa shape index (κ1) is 16.7. The highest BCUT2D eigenvalue weighted by molar-refractivity contribution is 6.23. The van der Waals surface area contributed by atoms with Gasteiger partial charge in [0.1, 0.15) is 11.7 Å². The minimum atomic E-state index is -0.588. The van der Waals surface area contributed by atoms with Crippen molar-refractivity contribution in [3.05, 3.63) is 47.8 Å². The maximum Gasteiger partial charge on any atom is 0.256 e. The molecule has 0 saturated heterocycles. The second kappa shape index (κ2) is 7.55. The summed E-state index contributed by atoms with van der Waals surface area (Å²) in [5, 5.41) is 23.3. The molecule has 0 aromatic carbocycles. The van der Waals surface area contributed by atoms with Crippen LogP contribution >= 0.6 is 0 Å². The topological polar surface area (TPSA) is 124 Å². The SMILES string of the molecule is C=CCNC(=O)/C(=C/N)C(=N)Nc1ccc2c(n1)C(O)CCC2. The number of nitrogens with zero attached hydrogens (tertiary/aromatic N) is 1. The van der Waals surface area contributed by atoms with Crippen molar-refractivity contribution >= 4 is 17.6 Å². The summed E-state index contributed by atoms with van der Waals surface area (Å²) in [6.45, 7) is 3.79. The molecule has 1 aliphatic carbocycles. The number of carbonyl (C=O) groups is 1. The lowest BCUT2D eigenvalue weighted by Gasteiger charge is -2.21. The molecule has 0 bridgehead atoms. The average molecular weight is 315 g/mol. The number of fused-ring (bicyclic) bond motifs is 1. The van der Waals surface area contributed by atoms with E-state index in [2.05, 4.69) is 22.2 Å². The smallest absolute Gasteiger partial charge is 0.256 e. The van der Waals surface area contributed by atoms with E-state index in [0.717, 1.165) is 24.6 Å². The molecule has 0 saturated carbocycles. The van der Waals surface area contributed by atoms with Gasteiger partial charge in [0.2, 0.25) is 0 Å². The Morgan fingerprint density at radius 2 is 2.35 bits per heavy atom. The van der Waals surface area contributed by atoms with Gasteiger partial charge in [-0.15, -0.1) is 6.58 Å². The summed E-state index contributed by atoms with van der Waals surface area (Å²) in [6, 6.07) is 3.60. The Labute approximate surface area is 134 Å². The van der Waals surface area contributed by atoms with Crippen LogP contribution in [0.5, 0.6) is 0 Å². The quantitative estimate of drug-likeness (QED) is 0.240. The first-order valence-corrected chi connectivity index (χ1v) is 7.41. The zero-order chi connectivity index (χ0) is 16.8. The minimum Gasteiger partial charge on any atom is -0.404 e. The van der Waals surface area contributed by atoms with Gasteiger partial charge in [0.15, 0.2) is 0 Å². The summed E-state index contributed by atoms with van der Waals surface area (Å²) in [5.74, 6) is -0.236. The molecule has 1 unspecified atom stereocenters. The van der Waals surface area contributed by atoms with Crippen LogP contribution in [0.1, 0.15) is 30.2 Å². The number of amidine groups is 1. The van der Waals surface area contributed by atoms with Gasteiger partial charge in [-0.05, 0) is 30.9 Å². The molecule has 1 aromatic heterocycles. The van der Waals surface area contributed by atoms with E-state index in [4.69, 9.17) is 11.1 Å². The molecule has 7 heteroatoms. The summed E-state index contributed by atoms with van der Waals surface area (Å²) < 4.78 is 0. The van der Waals surface area contributed by atoms with Gasteiger partial charge in [0.05, 0.1) is 17.4 Å². The largest absolute Gasteiger partial charge is 0.404 e. The molecular formula is C16H21N5O2. The van der Waals surface area contributed by atoms with E-state index in [0.29, 0.717) is 17.9 Å². The van der Waals surface area contributed by atoms with Gasteiger partial charge in [-0.3, -0.25) is 10.2 Å². The van der Waals surface area contributed by atoms with E-state index < -0.39 is 12.0 Å². The van der Waals surface area contributed by atoms with Crippen molar-refractivity contribution in [2.45, 2.75) is 25.4 Å². The summed E-state index contributed by atoms with van der Waals surface area (Å²) in [6.07, 6.45) is 4.52. The predicted octanol–water partition coefficient (Wildman–Crippen LogP) is 0.985. The molecule has 0 radical (unpaired) electrons. The summed E-state index contributed by atoms with van der Waals surface area (Å²) in [5.41, 5.74) is 7.09. The van der Waals surface area contributed by atoms with Crippen LogP contribution < -0.4 is 16.4 Å². The third-order valence-corrected chi connectivity index (χ3v) is 3.59. The molecular weight excluding hydrogens is 294 g/mol. The number of aromatic nitrogens is 1. The molecule has 0 aliphatic heterocycles. The van der Waals surface area contributed by atoms with Crippen LogP contribution in [-0.2, 0) is 11.2 Å². The summed E-state index contributed by atoms with van der Waals surface area (Å²) in [4.78, 5) is 16.3. The van der Waals surface area contributed by atoms with E-state index in [1.165, 1.54) is 6.08 Å². The van der Waals surface area contributed by atoms with Gasteiger partial charge in [-0.1, -0.05) is 12.1 Å². The van der Waals surface area contributed by atoms with Crippen molar-refractivity contribution in [1.82, 2.24) is 10.3 Å². The van der Waals surface area contributed by atoms with Gasteiger partial charge in [0.25, 0.3) is 5.91 Å². The van der Waals surface area contributed by atoms with Crippen molar-refractivity contribution < 1.29 is 9.90 Å². The fraction of sp³-hybridized carbons (Fsp3) is 0.312. The highest BCUT2D eigenvalue weighted by Gasteiger charge is 2.20. The Kier molecular flexibility index (Phi) is 5.48. The van der Waals surface area contributed by atoms with Crippen LogP contribution in [0.25, 0.3) is 0 Å². The average Bonchev–Trinajstić information content (AvgIpc) is 2.54. The van der Waals surface area contributed by atoms with Crippen LogP contribution in [-0.4, -0.2) is 28.4 Å².